The summed E-state index contributed by atoms with van der Waals surface area (Å²) in [5, 5.41) is 13.0. The number of nitrogens with one attached hydrogen (secondary N) is 1. The van der Waals surface area contributed by atoms with E-state index in [0.29, 0.717) is 6.42 Å². The minimum absolute atomic E-state index is 0. The number of amides is 1. The van der Waals surface area contributed by atoms with Crippen molar-refractivity contribution in [3.8, 4) is 0 Å². The smallest absolute Gasteiger partial charge is 0.550 e. The average molecular weight is 275 g/mol. The van der Waals surface area contributed by atoms with Gasteiger partial charge in [0, 0.05) is 17.3 Å². The van der Waals surface area contributed by atoms with Crippen molar-refractivity contribution in [3.05, 3.63) is 24.3 Å². The van der Waals surface area contributed by atoms with Crippen LogP contribution in [-0.2, 0) is 9.59 Å². The van der Waals surface area contributed by atoms with Crippen LogP contribution < -0.4 is 40.0 Å². The van der Waals surface area contributed by atoms with E-state index in [4.69, 9.17) is 0 Å². The van der Waals surface area contributed by atoms with E-state index in [1.54, 1.807) is 11.8 Å². The van der Waals surface area contributed by atoms with Crippen molar-refractivity contribution in [1.29, 1.82) is 0 Å². The summed E-state index contributed by atoms with van der Waals surface area (Å²) in [5.41, 5.74) is 0.762. The van der Waals surface area contributed by atoms with Crippen LogP contribution in [0.3, 0.4) is 0 Å². The van der Waals surface area contributed by atoms with Gasteiger partial charge in [0.25, 0.3) is 0 Å². The number of para-hydroxylation sites is 1. The van der Waals surface area contributed by atoms with E-state index in [1.165, 1.54) is 0 Å². The molecule has 0 aliphatic rings. The summed E-state index contributed by atoms with van der Waals surface area (Å²) in [6.45, 7) is 0. The van der Waals surface area contributed by atoms with Crippen LogP contribution in [-0.4, -0.2) is 18.1 Å². The van der Waals surface area contributed by atoms with Crippen molar-refractivity contribution in [1.82, 2.24) is 0 Å². The van der Waals surface area contributed by atoms with Gasteiger partial charge in [0.2, 0.25) is 5.91 Å². The number of carbonyl (C=O) groups is 2. The maximum Gasteiger partial charge on any atom is 1.00 e. The SMILES string of the molecule is CSc1ccccc1NC(=O)CCCC(=O)[O-].[Na+]. The normalized spacial score (nSPS) is 9.39. The number of carbonyl (C=O) groups excluding carboxylic acids is 2. The molecule has 1 aromatic carbocycles. The molecule has 0 unspecified atom stereocenters. The summed E-state index contributed by atoms with van der Waals surface area (Å²) >= 11 is 1.55. The number of thioether (sulfide) groups is 1. The van der Waals surface area contributed by atoms with Gasteiger partial charge in [-0.25, -0.2) is 0 Å². The number of hydrogen-bond acceptors (Lipinski definition) is 4. The van der Waals surface area contributed by atoms with E-state index in [1.807, 2.05) is 30.5 Å². The Morgan fingerprint density at radius 3 is 2.56 bits per heavy atom. The van der Waals surface area contributed by atoms with Crippen LogP contribution in [0.15, 0.2) is 29.2 Å². The number of hydrogen-bond donors (Lipinski definition) is 1. The quantitative estimate of drug-likeness (QED) is 0.495. The zero-order chi connectivity index (χ0) is 12.7. The van der Waals surface area contributed by atoms with Crippen molar-refractivity contribution in [2.45, 2.75) is 24.2 Å². The molecule has 18 heavy (non-hydrogen) atoms. The van der Waals surface area contributed by atoms with E-state index < -0.39 is 5.97 Å². The molecule has 6 heteroatoms. The molecule has 0 aromatic heterocycles. The van der Waals surface area contributed by atoms with Crippen LogP contribution in [0.4, 0.5) is 5.69 Å². The van der Waals surface area contributed by atoms with Gasteiger partial charge in [-0.15, -0.1) is 11.8 Å². The third kappa shape index (κ3) is 6.44. The molecule has 1 rings (SSSR count). The van der Waals surface area contributed by atoms with E-state index in [0.717, 1.165) is 10.6 Å². The van der Waals surface area contributed by atoms with Crippen molar-refractivity contribution in [2.75, 3.05) is 11.6 Å². The van der Waals surface area contributed by atoms with E-state index in [9.17, 15) is 14.7 Å². The van der Waals surface area contributed by atoms with Crippen LogP contribution in [0.2, 0.25) is 0 Å². The van der Waals surface area contributed by atoms with Gasteiger partial charge in [-0.2, -0.15) is 0 Å². The first kappa shape index (κ1) is 17.5. The summed E-state index contributed by atoms with van der Waals surface area (Å²) in [6, 6.07) is 7.48. The third-order valence-corrected chi connectivity index (χ3v) is 2.96. The Bertz CT molecular complexity index is 412. The Hall–Kier alpha value is -0.490. The van der Waals surface area contributed by atoms with Crippen molar-refractivity contribution < 1.29 is 44.3 Å². The molecule has 0 fully saturated rings. The van der Waals surface area contributed by atoms with Crippen molar-refractivity contribution >= 4 is 29.3 Å². The Labute approximate surface area is 133 Å². The maximum absolute atomic E-state index is 11.5. The van der Waals surface area contributed by atoms with E-state index in [2.05, 4.69) is 5.32 Å². The molecule has 0 atom stereocenters. The molecule has 0 spiro atoms. The first-order chi connectivity index (χ1) is 8.13. The molecular formula is C12H14NNaO3S. The molecule has 92 valence electrons. The minimum Gasteiger partial charge on any atom is -0.550 e. The molecule has 0 aliphatic carbocycles. The Kier molecular flexibility index (Phi) is 9.18. The van der Waals surface area contributed by atoms with Crippen LogP contribution >= 0.6 is 11.8 Å². The molecule has 0 heterocycles. The fraction of sp³-hybridized carbons (Fsp3) is 0.333. The topological polar surface area (TPSA) is 69.2 Å². The summed E-state index contributed by atoms with van der Waals surface area (Å²) in [4.78, 5) is 22.7. The summed E-state index contributed by atoms with van der Waals surface area (Å²) in [7, 11) is 0. The fourth-order valence-electron chi connectivity index (χ4n) is 1.35. The molecule has 1 amide bonds. The number of aliphatic carboxylic acids is 1. The summed E-state index contributed by atoms with van der Waals surface area (Å²) in [5.74, 6) is -1.30. The summed E-state index contributed by atoms with van der Waals surface area (Å²) in [6.07, 6.45) is 2.34. The maximum atomic E-state index is 11.5. The molecule has 0 saturated heterocycles. The fourth-order valence-corrected chi connectivity index (χ4v) is 1.91. The van der Waals surface area contributed by atoms with Crippen molar-refractivity contribution in [3.63, 3.8) is 0 Å². The second kappa shape index (κ2) is 9.44. The molecular weight excluding hydrogens is 261 g/mol. The Morgan fingerprint density at radius 1 is 1.28 bits per heavy atom. The van der Waals surface area contributed by atoms with Crippen molar-refractivity contribution in [2.24, 2.45) is 0 Å². The zero-order valence-corrected chi connectivity index (χ0v) is 13.4. The van der Waals surface area contributed by atoms with Gasteiger partial charge in [-0.3, -0.25) is 4.79 Å². The number of carboxylic acid groups (broad SMARTS) is 1. The molecule has 0 aliphatic heterocycles. The number of rotatable bonds is 6. The predicted octanol–water partition coefficient (Wildman–Crippen LogP) is -1.73. The summed E-state index contributed by atoms with van der Waals surface area (Å²) < 4.78 is 0. The van der Waals surface area contributed by atoms with Crippen LogP contribution in [0.5, 0.6) is 0 Å². The molecule has 1 aromatic rings. The number of benzene rings is 1. The first-order valence-corrected chi connectivity index (χ1v) is 6.48. The van der Waals surface area contributed by atoms with E-state index >= 15 is 0 Å². The monoisotopic (exact) mass is 275 g/mol. The third-order valence-electron chi connectivity index (χ3n) is 2.17. The zero-order valence-electron chi connectivity index (χ0n) is 10.6. The standard InChI is InChI=1S/C12H15NO3S.Na/c1-17-10-6-3-2-5-9(10)13-11(14)7-4-8-12(15)16;/h2-3,5-6H,4,7-8H2,1H3,(H,13,14)(H,15,16);/q;+1/p-1. The number of anilines is 1. The van der Waals surface area contributed by atoms with Crippen LogP contribution in [0.1, 0.15) is 19.3 Å². The molecule has 4 nitrogen and oxygen atoms in total. The Balaban J connectivity index is 0.00000289. The largest absolute Gasteiger partial charge is 1.00 e. The van der Waals surface area contributed by atoms with Gasteiger partial charge in [0.05, 0.1) is 5.69 Å². The molecule has 0 bridgehead atoms. The van der Waals surface area contributed by atoms with Gasteiger partial charge in [-0.1, -0.05) is 12.1 Å². The van der Waals surface area contributed by atoms with Crippen LogP contribution in [0.25, 0.3) is 0 Å². The van der Waals surface area contributed by atoms with Crippen LogP contribution in [0, 0.1) is 0 Å². The van der Waals surface area contributed by atoms with Gasteiger partial charge < -0.3 is 15.2 Å². The number of carboxylic acids is 1. The second-order valence-corrected chi connectivity index (χ2v) is 4.32. The molecule has 0 saturated carbocycles. The predicted molar refractivity (Wildman–Crippen MR) is 65.7 cm³/mol. The Morgan fingerprint density at radius 2 is 1.94 bits per heavy atom. The average Bonchev–Trinajstić information content (AvgIpc) is 2.29. The molecule has 0 radical (unpaired) electrons. The van der Waals surface area contributed by atoms with Gasteiger partial charge in [0.15, 0.2) is 0 Å². The van der Waals surface area contributed by atoms with Gasteiger partial charge in [0.1, 0.15) is 0 Å². The second-order valence-electron chi connectivity index (χ2n) is 3.47. The van der Waals surface area contributed by atoms with E-state index in [-0.39, 0.29) is 48.3 Å². The van der Waals surface area contributed by atoms with Gasteiger partial charge in [-0.05, 0) is 31.2 Å². The first-order valence-electron chi connectivity index (χ1n) is 5.26. The van der Waals surface area contributed by atoms with Gasteiger partial charge >= 0.3 is 29.6 Å². The minimum atomic E-state index is -1.12. The molecule has 1 N–H and O–H groups in total.